The van der Waals surface area contributed by atoms with E-state index in [1.54, 1.807) is 0 Å². The Labute approximate surface area is 235 Å². The van der Waals surface area contributed by atoms with Gasteiger partial charge in [-0.15, -0.1) is 0 Å². The van der Waals surface area contributed by atoms with E-state index in [1.165, 1.54) is 12.1 Å². The Hall–Kier alpha value is -4.40. The van der Waals surface area contributed by atoms with Gasteiger partial charge in [0.05, 0.1) is 18.2 Å². The van der Waals surface area contributed by atoms with E-state index in [0.717, 1.165) is 18.2 Å². The average Bonchev–Trinajstić information content (AvgIpc) is 3.49. The average molecular weight is 619 g/mol. The van der Waals surface area contributed by atoms with Crippen LogP contribution in [0.5, 0.6) is 0 Å². The van der Waals surface area contributed by atoms with E-state index >= 15 is 0 Å². The van der Waals surface area contributed by atoms with Gasteiger partial charge in [0.25, 0.3) is 17.8 Å². The van der Waals surface area contributed by atoms with Crippen molar-refractivity contribution >= 4 is 40.8 Å². The molecule has 0 radical (unpaired) electrons. The molecule has 3 aromatic carbocycles. The first-order valence-corrected chi connectivity index (χ1v) is 12.2. The highest BCUT2D eigenvalue weighted by atomic mass is 35.5. The Balaban J connectivity index is 1.57. The lowest BCUT2D eigenvalue weighted by Gasteiger charge is -2.20. The molecule has 5 rings (SSSR count). The Morgan fingerprint density at radius 1 is 1.00 bits per heavy atom. The number of carbonyl (C=O) groups excluding carboxylic acids is 2. The summed E-state index contributed by atoms with van der Waals surface area (Å²) in [6, 6.07) is 5.02. The third-order valence-corrected chi connectivity index (χ3v) is 6.61. The maximum Gasteiger partial charge on any atom is 0.427 e. The van der Waals surface area contributed by atoms with Gasteiger partial charge in [-0.05, 0) is 48.5 Å². The molecule has 0 bridgehead atoms. The molecule has 3 N–H and O–H groups in total. The highest BCUT2D eigenvalue weighted by Gasteiger charge is 2.45. The van der Waals surface area contributed by atoms with Gasteiger partial charge in [-0.1, -0.05) is 11.6 Å². The van der Waals surface area contributed by atoms with Crippen LogP contribution in [0.25, 0.3) is 0 Å². The van der Waals surface area contributed by atoms with Gasteiger partial charge in [-0.2, -0.15) is 26.3 Å². The second-order valence-electron chi connectivity index (χ2n) is 9.16. The van der Waals surface area contributed by atoms with Crippen LogP contribution in [0, 0.1) is 11.6 Å². The number of alkyl halides is 6. The fraction of sp³-hybridized carbons (Fsp3) is 0.192. The monoisotopic (exact) mass is 618 g/mol. The van der Waals surface area contributed by atoms with Crippen molar-refractivity contribution in [3.63, 3.8) is 0 Å². The van der Waals surface area contributed by atoms with E-state index in [1.807, 2.05) is 0 Å². The minimum Gasteiger partial charge on any atom is -0.450 e. The van der Waals surface area contributed by atoms with Crippen LogP contribution < -0.4 is 16.0 Å². The number of carbonyl (C=O) groups is 2. The molecule has 0 spiro atoms. The van der Waals surface area contributed by atoms with Crippen molar-refractivity contribution in [3.05, 3.63) is 93.0 Å². The van der Waals surface area contributed by atoms with Crippen LogP contribution in [0.2, 0.25) is 5.02 Å². The summed E-state index contributed by atoms with van der Waals surface area (Å²) in [5.41, 5.74) is -2.62. The standard InChI is InChI=1S/C26H15ClF8N4O3/c27-17-2-1-12(28)6-15(17)21-20-16(23(41)39-21)7-14(37-24-36-9-19(42-24)26(33,34)35)8-18(20)38-22(40)10-3-11(25(30,31)32)5-13(29)4-10/h1-8,19,21H,9H2,(H,36,37)(H,38,40)(H,39,41)/t19-,21+/m1/s1. The van der Waals surface area contributed by atoms with Gasteiger partial charge >= 0.3 is 12.4 Å². The molecule has 7 nitrogen and oxygen atoms in total. The fourth-order valence-corrected chi connectivity index (χ4v) is 4.62. The summed E-state index contributed by atoms with van der Waals surface area (Å²) >= 11 is 6.23. The second-order valence-corrected chi connectivity index (χ2v) is 9.56. The number of amidine groups is 1. The minimum absolute atomic E-state index is 0.00120. The summed E-state index contributed by atoms with van der Waals surface area (Å²) in [4.78, 5) is 29.6. The highest BCUT2D eigenvalue weighted by molar-refractivity contribution is 6.31. The van der Waals surface area contributed by atoms with Gasteiger partial charge < -0.3 is 20.7 Å². The molecule has 3 aromatic rings. The molecule has 0 unspecified atom stereocenters. The minimum atomic E-state index is -4.98. The van der Waals surface area contributed by atoms with Crippen molar-refractivity contribution < 1.29 is 49.4 Å². The molecule has 0 aliphatic carbocycles. The third-order valence-electron chi connectivity index (χ3n) is 6.26. The molecule has 2 atom stereocenters. The number of amides is 2. The largest absolute Gasteiger partial charge is 0.450 e. The number of hydrogen-bond acceptors (Lipinski definition) is 5. The first-order chi connectivity index (χ1) is 19.6. The van der Waals surface area contributed by atoms with E-state index in [9.17, 15) is 44.7 Å². The highest BCUT2D eigenvalue weighted by Crippen LogP contribution is 2.41. The zero-order valence-electron chi connectivity index (χ0n) is 20.6. The number of hydrogen-bond donors (Lipinski definition) is 3. The van der Waals surface area contributed by atoms with Gasteiger partial charge in [0.1, 0.15) is 11.6 Å². The predicted molar refractivity (Wildman–Crippen MR) is 133 cm³/mol. The van der Waals surface area contributed by atoms with Crippen LogP contribution in [-0.4, -0.2) is 36.7 Å². The molecule has 2 amide bonds. The number of nitrogens with zero attached hydrogens (tertiary/aromatic N) is 1. The number of fused-ring (bicyclic) bond motifs is 1. The van der Waals surface area contributed by atoms with E-state index in [-0.39, 0.29) is 39.2 Å². The molecule has 42 heavy (non-hydrogen) atoms. The summed E-state index contributed by atoms with van der Waals surface area (Å²) in [7, 11) is 0. The van der Waals surface area contributed by atoms with Crippen LogP contribution in [0.4, 0.5) is 46.5 Å². The molecular formula is C26H15ClF8N4O3. The van der Waals surface area contributed by atoms with Gasteiger partial charge in [-0.3, -0.25) is 9.59 Å². The lowest BCUT2D eigenvalue weighted by Crippen LogP contribution is -2.33. The molecule has 2 aliphatic heterocycles. The van der Waals surface area contributed by atoms with Gasteiger partial charge in [0, 0.05) is 38.7 Å². The number of benzene rings is 3. The van der Waals surface area contributed by atoms with Crippen LogP contribution in [-0.2, 0) is 10.9 Å². The number of rotatable bonds is 4. The van der Waals surface area contributed by atoms with E-state index < -0.39 is 71.6 Å². The lowest BCUT2D eigenvalue weighted by atomic mass is 9.95. The maximum atomic E-state index is 14.1. The van der Waals surface area contributed by atoms with Gasteiger partial charge in [-0.25, -0.2) is 13.8 Å². The van der Waals surface area contributed by atoms with Crippen LogP contribution in [0.1, 0.15) is 43.4 Å². The maximum absolute atomic E-state index is 14.1. The molecule has 220 valence electrons. The molecular weight excluding hydrogens is 604 g/mol. The van der Waals surface area contributed by atoms with Crippen molar-refractivity contribution in [1.82, 2.24) is 5.32 Å². The second kappa shape index (κ2) is 10.5. The predicted octanol–water partition coefficient (Wildman–Crippen LogP) is 6.45. The zero-order chi connectivity index (χ0) is 30.6. The number of nitrogens with one attached hydrogen (secondary N) is 3. The topological polar surface area (TPSA) is 91.8 Å². The summed E-state index contributed by atoms with van der Waals surface area (Å²) in [5.74, 6) is -4.07. The Kier molecular flexibility index (Phi) is 7.25. The van der Waals surface area contributed by atoms with Crippen LogP contribution >= 0.6 is 11.6 Å². The molecule has 16 heteroatoms. The fourth-order valence-electron chi connectivity index (χ4n) is 4.39. The SMILES string of the molecule is O=C(Nc1cc(NC2=NC[C@H](C(F)(F)F)O2)cc2c1[C@H](c1cc(F)ccc1Cl)NC2=O)c1cc(F)cc(C(F)(F)F)c1. The number of ether oxygens (including phenoxy) is 1. The Morgan fingerprint density at radius 2 is 1.74 bits per heavy atom. The van der Waals surface area contributed by atoms with Crippen LogP contribution in [0.3, 0.4) is 0 Å². The summed E-state index contributed by atoms with van der Waals surface area (Å²) in [6.07, 6.45) is -11.9. The lowest BCUT2D eigenvalue weighted by molar-refractivity contribution is -0.190. The molecule has 0 saturated heterocycles. The van der Waals surface area contributed by atoms with Crippen molar-refractivity contribution in [3.8, 4) is 0 Å². The quantitative estimate of drug-likeness (QED) is 0.293. The molecule has 2 aliphatic rings. The molecule has 0 aromatic heterocycles. The van der Waals surface area contributed by atoms with Gasteiger partial charge in [0.15, 0.2) is 0 Å². The molecule has 0 saturated carbocycles. The number of halogens is 9. The van der Waals surface area contributed by atoms with E-state index in [4.69, 9.17) is 16.3 Å². The zero-order valence-corrected chi connectivity index (χ0v) is 21.3. The number of aliphatic imine (C=N–C) groups is 1. The Bertz CT molecular complexity index is 1640. The van der Waals surface area contributed by atoms with Crippen LogP contribution in [0.15, 0.2) is 53.5 Å². The van der Waals surface area contributed by atoms with E-state index in [2.05, 4.69) is 20.9 Å². The van der Waals surface area contributed by atoms with Gasteiger partial charge in [0.2, 0.25) is 6.10 Å². The van der Waals surface area contributed by atoms with Crippen molar-refractivity contribution in [2.24, 2.45) is 4.99 Å². The van der Waals surface area contributed by atoms with Crippen molar-refractivity contribution in [2.75, 3.05) is 17.2 Å². The summed E-state index contributed by atoms with van der Waals surface area (Å²) in [5, 5.41) is 7.35. The summed E-state index contributed by atoms with van der Waals surface area (Å²) < 4.78 is 112. The molecule has 0 fully saturated rings. The van der Waals surface area contributed by atoms with E-state index in [0.29, 0.717) is 12.1 Å². The first-order valence-electron chi connectivity index (χ1n) is 11.8. The van der Waals surface area contributed by atoms with Crippen molar-refractivity contribution in [1.29, 1.82) is 0 Å². The number of anilines is 2. The first kappa shape index (κ1) is 29.1. The third kappa shape index (κ3) is 5.82. The Morgan fingerprint density at radius 3 is 2.40 bits per heavy atom. The van der Waals surface area contributed by atoms with Crippen molar-refractivity contribution in [2.45, 2.75) is 24.5 Å². The molecule has 2 heterocycles. The smallest absolute Gasteiger partial charge is 0.427 e. The summed E-state index contributed by atoms with van der Waals surface area (Å²) in [6.45, 7) is -0.748. The normalized spacial score (nSPS) is 18.2.